The molecule has 0 bridgehead atoms. The van der Waals surface area contributed by atoms with Gasteiger partial charge in [-0.2, -0.15) is 12.6 Å². The van der Waals surface area contributed by atoms with E-state index in [1.807, 2.05) is 26.8 Å². The maximum atomic E-state index is 12.7. The number of rotatable bonds is 11. The quantitative estimate of drug-likeness (QED) is 0.101. The van der Waals surface area contributed by atoms with E-state index >= 15 is 0 Å². The van der Waals surface area contributed by atoms with E-state index in [2.05, 4.69) is 33.2 Å². The lowest BCUT2D eigenvalue weighted by Crippen LogP contribution is -2.36. The Morgan fingerprint density at radius 2 is 1.78 bits per heavy atom. The number of aliphatic hydroxyl groups excluding tert-OH is 1. The summed E-state index contributed by atoms with van der Waals surface area (Å²) in [4.78, 5) is 56.2. The van der Waals surface area contributed by atoms with Crippen molar-refractivity contribution in [2.45, 2.75) is 65.1 Å². The monoisotopic (exact) mass is 668 g/mol. The Hall–Kier alpha value is -3.68. The lowest BCUT2D eigenvalue weighted by atomic mass is 9.85. The maximum absolute atomic E-state index is 12.7. The molecule has 13 heteroatoms. The predicted octanol–water partition coefficient (Wildman–Crippen LogP) is 1.92. The van der Waals surface area contributed by atoms with Gasteiger partial charge in [0, 0.05) is 62.5 Å². The minimum Gasteiger partial charge on any atom is -0.481 e. The summed E-state index contributed by atoms with van der Waals surface area (Å²) >= 11 is 6.02. The molecule has 0 spiro atoms. The second-order valence-electron chi connectivity index (χ2n) is 12.3. The summed E-state index contributed by atoms with van der Waals surface area (Å²) in [6, 6.07) is -0.805. The van der Waals surface area contributed by atoms with E-state index in [-0.39, 0.29) is 48.5 Å². The van der Waals surface area contributed by atoms with Gasteiger partial charge in [-0.05, 0) is 73.3 Å². The van der Waals surface area contributed by atoms with Crippen LogP contribution < -0.4 is 21.3 Å². The van der Waals surface area contributed by atoms with Gasteiger partial charge in [-0.25, -0.2) is 4.79 Å². The number of aliphatic carboxylic acids is 2. The number of carbonyl (C=O) groups is 4. The Labute approximate surface area is 276 Å². The van der Waals surface area contributed by atoms with Crippen molar-refractivity contribution in [3.8, 4) is 0 Å². The lowest BCUT2D eigenvalue weighted by Gasteiger charge is -2.25. The van der Waals surface area contributed by atoms with Gasteiger partial charge >= 0.3 is 11.9 Å². The van der Waals surface area contributed by atoms with Gasteiger partial charge in [0.1, 0.15) is 6.10 Å². The van der Waals surface area contributed by atoms with Crippen LogP contribution in [-0.2, 0) is 25.6 Å². The van der Waals surface area contributed by atoms with Gasteiger partial charge in [0.25, 0.3) is 0 Å². The van der Waals surface area contributed by atoms with E-state index in [9.17, 15) is 34.5 Å². The first-order valence-corrected chi connectivity index (χ1v) is 17.0. The number of aromatic nitrogens is 2. The molecule has 2 aromatic rings. The molecule has 5 rings (SSSR count). The third-order valence-electron chi connectivity index (χ3n) is 9.48. The van der Waals surface area contributed by atoms with Crippen molar-refractivity contribution in [3.05, 3.63) is 60.9 Å². The second-order valence-corrected chi connectivity index (χ2v) is 13.8. The molecule has 3 saturated heterocycles. The number of hydrogen-bond donors (Lipinski definition) is 8. The molecule has 3 aliphatic rings. The van der Waals surface area contributed by atoms with Crippen LogP contribution in [-0.4, -0.2) is 72.6 Å². The molecule has 0 aliphatic carbocycles. The van der Waals surface area contributed by atoms with E-state index in [4.69, 9.17) is 0 Å². The molecule has 3 fully saturated rings. The van der Waals surface area contributed by atoms with Crippen LogP contribution in [0.15, 0.2) is 16.6 Å². The fraction of sp³-hybridized carbons (Fsp3) is 0.455. The SMILES string of the molecule is Cc1c([C@H](O)C2NC(=O)[C@H](C)[C@H]2CCS)[nH]c(/C=c2\[nH]/c(=C/[C@H]3NC(=O)/C(=C4\CS4)C3C)c(C)c2CCC(=O)O)c1/C=C\C(=O)O. The number of aliphatic hydroxyl groups is 1. The number of thiol groups is 1. The number of carboxylic acids is 2. The van der Waals surface area contributed by atoms with Gasteiger partial charge in [-0.1, -0.05) is 13.8 Å². The molecule has 2 amide bonds. The van der Waals surface area contributed by atoms with Gasteiger partial charge in [0.2, 0.25) is 11.8 Å². The Morgan fingerprint density at radius 1 is 1.07 bits per heavy atom. The predicted molar refractivity (Wildman–Crippen MR) is 180 cm³/mol. The molecule has 246 valence electrons. The second kappa shape index (κ2) is 13.6. The molecule has 0 saturated carbocycles. The molecule has 7 N–H and O–H groups in total. The van der Waals surface area contributed by atoms with Crippen LogP contribution in [0.5, 0.6) is 0 Å². The standard InChI is InChI=1S/C33H40N4O7S2/c1-14-18(5-7-26(38)39)23(34-21(14)11-22-17(4)28(25-13-46-25)33(44)36-22)12-24-19(6-8-27(40)41)15(2)29(35-24)31(42)30-20(9-10-45)16(3)32(43)37-30/h6,8,11-12,16-17,20,22,30-31,34-35,42,45H,5,7,9-10,13H2,1-4H3,(H,36,44)(H,37,43)(H,38,39)(H,40,41)/b8-6-,21-11+,23-12-,28-25+/t16-,17?,20-,22-,30?,31+/m1/s1. The number of nitrogens with one attached hydrogen (secondary N) is 4. The summed E-state index contributed by atoms with van der Waals surface area (Å²) < 4.78 is 0. The molecular weight excluding hydrogens is 629 g/mol. The van der Waals surface area contributed by atoms with Crippen molar-refractivity contribution in [1.82, 2.24) is 20.6 Å². The van der Waals surface area contributed by atoms with Crippen LogP contribution in [0.25, 0.3) is 18.2 Å². The average molecular weight is 669 g/mol. The Morgan fingerprint density at radius 3 is 2.41 bits per heavy atom. The lowest BCUT2D eigenvalue weighted by molar-refractivity contribution is -0.137. The van der Waals surface area contributed by atoms with Crippen LogP contribution >= 0.6 is 24.4 Å². The third-order valence-corrected chi connectivity index (χ3v) is 10.5. The van der Waals surface area contributed by atoms with Crippen LogP contribution in [0.2, 0.25) is 0 Å². The van der Waals surface area contributed by atoms with Crippen molar-refractivity contribution in [3.63, 3.8) is 0 Å². The zero-order chi connectivity index (χ0) is 33.4. The summed E-state index contributed by atoms with van der Waals surface area (Å²) in [6.45, 7) is 7.53. The molecular formula is C33H40N4O7S2. The molecule has 5 heterocycles. The number of amides is 2. The highest BCUT2D eigenvalue weighted by atomic mass is 32.2. The van der Waals surface area contributed by atoms with Gasteiger partial charge in [-0.15, -0.1) is 11.8 Å². The molecule has 3 aliphatic heterocycles. The van der Waals surface area contributed by atoms with E-state index < -0.39 is 24.1 Å². The first-order valence-electron chi connectivity index (χ1n) is 15.3. The summed E-state index contributed by atoms with van der Waals surface area (Å²) in [7, 11) is 0. The van der Waals surface area contributed by atoms with Crippen molar-refractivity contribution < 1.29 is 34.5 Å². The topological polar surface area (TPSA) is 185 Å². The number of aromatic amines is 2. The minimum atomic E-state index is -1.14. The molecule has 2 unspecified atom stereocenters. The molecule has 0 aromatic carbocycles. The molecule has 0 radical (unpaired) electrons. The van der Waals surface area contributed by atoms with Crippen molar-refractivity contribution in [1.29, 1.82) is 0 Å². The van der Waals surface area contributed by atoms with Gasteiger partial charge < -0.3 is 35.9 Å². The van der Waals surface area contributed by atoms with E-state index in [1.165, 1.54) is 6.08 Å². The highest BCUT2D eigenvalue weighted by molar-refractivity contribution is 8.11. The first kappa shape index (κ1) is 33.7. The fourth-order valence-electron chi connectivity index (χ4n) is 6.76. The summed E-state index contributed by atoms with van der Waals surface area (Å²) in [5.41, 5.74) is 4.56. The Bertz CT molecular complexity index is 1770. The van der Waals surface area contributed by atoms with Crippen molar-refractivity contribution >= 4 is 66.4 Å². The zero-order valence-electron chi connectivity index (χ0n) is 26.1. The smallest absolute Gasteiger partial charge is 0.328 e. The zero-order valence-corrected chi connectivity index (χ0v) is 27.9. The van der Waals surface area contributed by atoms with E-state index in [0.29, 0.717) is 40.0 Å². The number of thioether (sulfide) groups is 1. The Kier molecular flexibility index (Phi) is 9.95. The van der Waals surface area contributed by atoms with Crippen LogP contribution in [0, 0.1) is 31.6 Å². The molecule has 11 nitrogen and oxygen atoms in total. The van der Waals surface area contributed by atoms with Crippen LogP contribution in [0.1, 0.15) is 66.4 Å². The van der Waals surface area contributed by atoms with E-state index in [0.717, 1.165) is 38.8 Å². The fourth-order valence-corrected chi connectivity index (χ4v) is 7.72. The average Bonchev–Trinajstić information content (AvgIpc) is 3.55. The number of carbonyl (C=O) groups excluding carboxylic acids is 2. The highest BCUT2D eigenvalue weighted by Gasteiger charge is 2.43. The summed E-state index contributed by atoms with van der Waals surface area (Å²) in [5, 5.41) is 37.9. The van der Waals surface area contributed by atoms with Gasteiger partial charge in [0.05, 0.1) is 17.8 Å². The van der Waals surface area contributed by atoms with Gasteiger partial charge in [0.15, 0.2) is 0 Å². The highest BCUT2D eigenvalue weighted by Crippen LogP contribution is 2.43. The van der Waals surface area contributed by atoms with E-state index in [1.54, 1.807) is 24.8 Å². The number of H-pyrrole nitrogens is 2. The normalized spacial score (nSPS) is 27.5. The first-order chi connectivity index (χ1) is 21.8. The summed E-state index contributed by atoms with van der Waals surface area (Å²) in [5.74, 6) is -1.34. The molecule has 46 heavy (non-hydrogen) atoms. The third kappa shape index (κ3) is 6.72. The maximum Gasteiger partial charge on any atom is 0.328 e. The molecule has 2 aromatic heterocycles. The van der Waals surface area contributed by atoms with Crippen LogP contribution in [0.4, 0.5) is 0 Å². The van der Waals surface area contributed by atoms with Crippen molar-refractivity contribution in [2.24, 2.45) is 17.8 Å². The van der Waals surface area contributed by atoms with Gasteiger partial charge in [-0.3, -0.25) is 14.4 Å². The largest absolute Gasteiger partial charge is 0.481 e. The number of hydrogen-bond acceptors (Lipinski definition) is 7. The van der Waals surface area contributed by atoms with Crippen LogP contribution in [0.3, 0.4) is 0 Å². The Balaban J connectivity index is 1.62. The minimum absolute atomic E-state index is 0.0249. The summed E-state index contributed by atoms with van der Waals surface area (Å²) in [6.07, 6.45) is 5.89. The number of carboxylic acid groups (broad SMARTS) is 2. The molecule has 6 atom stereocenters. The van der Waals surface area contributed by atoms with Crippen molar-refractivity contribution in [2.75, 3.05) is 11.5 Å².